The highest BCUT2D eigenvalue weighted by Crippen LogP contribution is 2.27. The van der Waals surface area contributed by atoms with Gasteiger partial charge in [-0.25, -0.2) is 14.5 Å². The number of nitrogens with one attached hydrogen (secondary N) is 3. The number of nitrogens with zero attached hydrogens (tertiary/aromatic N) is 3. The summed E-state index contributed by atoms with van der Waals surface area (Å²) in [4.78, 5) is 28.9. The maximum absolute atomic E-state index is 13.0. The number of aryl methyl sites for hydroxylation is 3. The predicted octanol–water partition coefficient (Wildman–Crippen LogP) is 6.25. The number of unbranched alkanes of at least 4 members (excludes halogenated alkanes) is 1. The molecule has 4 rings (SSSR count). The molecule has 3 N–H and O–H groups in total. The number of anilines is 3. The van der Waals surface area contributed by atoms with Crippen LogP contribution in [0.1, 0.15) is 36.6 Å². The summed E-state index contributed by atoms with van der Waals surface area (Å²) in [5.41, 5.74) is 4.40. The third-order valence-corrected chi connectivity index (χ3v) is 6.02. The Morgan fingerprint density at radius 3 is 2.42 bits per heavy atom. The van der Waals surface area contributed by atoms with E-state index in [2.05, 4.69) is 27.9 Å². The van der Waals surface area contributed by atoms with E-state index in [9.17, 15) is 9.59 Å². The molecule has 2 heterocycles. The van der Waals surface area contributed by atoms with Crippen LogP contribution in [0.5, 0.6) is 11.5 Å². The number of pyridine rings is 1. The average Bonchev–Trinajstić information content (AvgIpc) is 3.32. The zero-order valence-corrected chi connectivity index (χ0v) is 23.2. The lowest BCUT2D eigenvalue weighted by Gasteiger charge is -2.13. The van der Waals surface area contributed by atoms with Gasteiger partial charge in [0.2, 0.25) is 0 Å². The molecule has 0 aliphatic heterocycles. The van der Waals surface area contributed by atoms with Crippen LogP contribution in [0.4, 0.5) is 22.1 Å². The minimum absolute atomic E-state index is 0.0672. The lowest BCUT2D eigenvalue weighted by Crippen LogP contribution is -2.21. The van der Waals surface area contributed by atoms with Crippen LogP contribution >= 0.6 is 0 Å². The SMILES string of the molecule is CCCCc1cc(NC(=O)Nc2ccc(Oc3ccnc(NC(=O)COC)c3)cc2C)n(-c2ccc(C)cc2)n1. The van der Waals surface area contributed by atoms with Crippen LogP contribution in [-0.2, 0) is 16.0 Å². The van der Waals surface area contributed by atoms with Crippen molar-refractivity contribution in [3.8, 4) is 17.2 Å². The summed E-state index contributed by atoms with van der Waals surface area (Å²) in [6.07, 6.45) is 4.46. The van der Waals surface area contributed by atoms with Crippen LogP contribution in [0.25, 0.3) is 5.69 Å². The maximum Gasteiger partial charge on any atom is 0.324 e. The van der Waals surface area contributed by atoms with Crippen LogP contribution in [0.15, 0.2) is 66.9 Å². The molecule has 0 fully saturated rings. The monoisotopic (exact) mass is 542 g/mol. The first-order valence-corrected chi connectivity index (χ1v) is 13.1. The standard InChI is InChI=1S/C30H34N6O4/c1-5-6-7-22-17-28(36(35-22)23-10-8-20(2)9-11-23)34-30(38)32-26-13-12-24(16-21(26)3)40-25-14-15-31-27(18-25)33-29(37)19-39-4/h8-18H,5-7,19H2,1-4H3,(H,31,33,37)(H2,32,34,38). The number of ether oxygens (including phenoxy) is 2. The highest BCUT2D eigenvalue weighted by Gasteiger charge is 2.14. The second-order valence-electron chi connectivity index (χ2n) is 9.39. The summed E-state index contributed by atoms with van der Waals surface area (Å²) in [7, 11) is 1.45. The zero-order chi connectivity index (χ0) is 28.5. The summed E-state index contributed by atoms with van der Waals surface area (Å²) in [6, 6.07) is 18.2. The van der Waals surface area contributed by atoms with Crippen molar-refractivity contribution in [3.05, 3.63) is 83.7 Å². The summed E-state index contributed by atoms with van der Waals surface area (Å²) in [5, 5.41) is 13.2. The van der Waals surface area contributed by atoms with E-state index in [1.54, 1.807) is 35.1 Å². The van der Waals surface area contributed by atoms with Gasteiger partial charge in [-0.3, -0.25) is 10.1 Å². The van der Waals surface area contributed by atoms with Gasteiger partial charge in [0.05, 0.1) is 11.4 Å². The lowest BCUT2D eigenvalue weighted by molar-refractivity contribution is -0.119. The van der Waals surface area contributed by atoms with Crippen LogP contribution in [0, 0.1) is 13.8 Å². The number of rotatable bonds is 11. The molecule has 0 aliphatic rings. The van der Waals surface area contributed by atoms with Crippen molar-refractivity contribution in [2.24, 2.45) is 0 Å². The van der Waals surface area contributed by atoms with Crippen molar-refractivity contribution < 1.29 is 19.1 Å². The summed E-state index contributed by atoms with van der Waals surface area (Å²) in [5.74, 6) is 1.71. The van der Waals surface area contributed by atoms with Gasteiger partial charge >= 0.3 is 6.03 Å². The van der Waals surface area contributed by atoms with E-state index in [1.165, 1.54) is 7.11 Å². The summed E-state index contributed by atoms with van der Waals surface area (Å²) >= 11 is 0. The lowest BCUT2D eigenvalue weighted by atomic mass is 10.2. The third-order valence-electron chi connectivity index (χ3n) is 6.02. The Morgan fingerprint density at radius 2 is 1.70 bits per heavy atom. The number of methoxy groups -OCH3 is 1. The number of hydrogen-bond acceptors (Lipinski definition) is 6. The van der Waals surface area contributed by atoms with Crippen molar-refractivity contribution in [2.75, 3.05) is 29.7 Å². The largest absolute Gasteiger partial charge is 0.457 e. The number of carbonyl (C=O) groups is 2. The highest BCUT2D eigenvalue weighted by atomic mass is 16.5. The van der Waals surface area contributed by atoms with Crippen LogP contribution in [0.3, 0.4) is 0 Å². The Labute approximate surface area is 233 Å². The van der Waals surface area contributed by atoms with E-state index in [0.29, 0.717) is 28.8 Å². The second kappa shape index (κ2) is 13.4. The van der Waals surface area contributed by atoms with Gasteiger partial charge in [-0.05, 0) is 68.7 Å². The molecule has 2 aromatic heterocycles. The van der Waals surface area contributed by atoms with E-state index in [1.807, 2.05) is 50.2 Å². The van der Waals surface area contributed by atoms with Crippen LogP contribution in [-0.4, -0.2) is 40.4 Å². The zero-order valence-electron chi connectivity index (χ0n) is 23.2. The Morgan fingerprint density at radius 1 is 0.925 bits per heavy atom. The molecule has 2 aromatic carbocycles. The minimum Gasteiger partial charge on any atom is -0.457 e. The molecule has 3 amide bonds. The number of urea groups is 1. The Kier molecular flexibility index (Phi) is 9.48. The number of aromatic nitrogens is 3. The van der Waals surface area contributed by atoms with Crippen molar-refractivity contribution in [2.45, 2.75) is 40.0 Å². The van der Waals surface area contributed by atoms with E-state index in [0.717, 1.165) is 41.8 Å². The number of benzene rings is 2. The molecule has 0 aliphatic carbocycles. The Hall–Kier alpha value is -4.70. The van der Waals surface area contributed by atoms with Gasteiger partial charge in [-0.2, -0.15) is 5.10 Å². The molecule has 0 atom stereocenters. The fourth-order valence-electron chi connectivity index (χ4n) is 3.98. The van der Waals surface area contributed by atoms with Crippen molar-refractivity contribution in [1.82, 2.24) is 14.8 Å². The molecule has 40 heavy (non-hydrogen) atoms. The molecule has 0 saturated carbocycles. The topological polar surface area (TPSA) is 119 Å². The number of hydrogen-bond donors (Lipinski definition) is 3. The normalized spacial score (nSPS) is 10.7. The van der Waals surface area contributed by atoms with E-state index in [-0.39, 0.29) is 18.5 Å². The molecule has 0 saturated heterocycles. The average molecular weight is 543 g/mol. The molecule has 208 valence electrons. The van der Waals surface area contributed by atoms with Crippen LogP contribution < -0.4 is 20.7 Å². The molecule has 10 heteroatoms. The maximum atomic E-state index is 13.0. The van der Waals surface area contributed by atoms with Gasteiger partial charge in [-0.15, -0.1) is 0 Å². The van der Waals surface area contributed by atoms with Gasteiger partial charge in [0.25, 0.3) is 5.91 Å². The quantitative estimate of drug-likeness (QED) is 0.206. The summed E-state index contributed by atoms with van der Waals surface area (Å²) in [6.45, 7) is 5.98. The smallest absolute Gasteiger partial charge is 0.324 e. The first-order valence-electron chi connectivity index (χ1n) is 13.1. The highest BCUT2D eigenvalue weighted by molar-refractivity contribution is 6.00. The Balaban J connectivity index is 1.44. The molecule has 0 unspecified atom stereocenters. The number of amides is 3. The van der Waals surface area contributed by atoms with E-state index < -0.39 is 0 Å². The van der Waals surface area contributed by atoms with E-state index in [4.69, 9.17) is 14.6 Å². The van der Waals surface area contributed by atoms with Gasteiger partial charge < -0.3 is 20.1 Å². The second-order valence-corrected chi connectivity index (χ2v) is 9.39. The fraction of sp³-hybridized carbons (Fsp3) is 0.267. The van der Waals surface area contributed by atoms with Gasteiger partial charge in [0.15, 0.2) is 0 Å². The van der Waals surface area contributed by atoms with Gasteiger partial charge in [-0.1, -0.05) is 31.0 Å². The number of carbonyl (C=O) groups excluding carboxylic acids is 2. The predicted molar refractivity (Wildman–Crippen MR) is 156 cm³/mol. The van der Waals surface area contributed by atoms with Gasteiger partial charge in [0, 0.05) is 31.1 Å². The van der Waals surface area contributed by atoms with E-state index >= 15 is 0 Å². The van der Waals surface area contributed by atoms with Crippen molar-refractivity contribution in [3.63, 3.8) is 0 Å². The summed E-state index contributed by atoms with van der Waals surface area (Å²) < 4.78 is 12.5. The molecule has 0 spiro atoms. The fourth-order valence-corrected chi connectivity index (χ4v) is 3.98. The first kappa shape index (κ1) is 28.3. The third kappa shape index (κ3) is 7.67. The van der Waals surface area contributed by atoms with Crippen molar-refractivity contribution >= 4 is 29.3 Å². The van der Waals surface area contributed by atoms with Gasteiger partial charge in [0.1, 0.15) is 29.7 Å². The first-order chi connectivity index (χ1) is 19.3. The molecular weight excluding hydrogens is 508 g/mol. The molecule has 0 radical (unpaired) electrons. The molecular formula is C30H34N6O4. The van der Waals surface area contributed by atoms with Crippen LogP contribution in [0.2, 0.25) is 0 Å². The minimum atomic E-state index is -0.377. The van der Waals surface area contributed by atoms with Crippen molar-refractivity contribution in [1.29, 1.82) is 0 Å². The Bertz CT molecular complexity index is 1470. The molecule has 4 aromatic rings. The molecule has 10 nitrogen and oxygen atoms in total. The molecule has 0 bridgehead atoms.